The minimum absolute atomic E-state index is 0.160. The molecule has 0 aliphatic rings. The lowest BCUT2D eigenvalue weighted by molar-refractivity contribution is 0.480. The van der Waals surface area contributed by atoms with Crippen molar-refractivity contribution in [2.45, 2.75) is 26.2 Å². The molecule has 0 fully saturated rings. The Balaban J connectivity index is 1.92. The number of aryl methyl sites for hydroxylation is 1. The molecule has 102 valence electrons. The number of phenols is 1. The Kier molecular flexibility index (Phi) is 3.37. The van der Waals surface area contributed by atoms with Crippen LogP contribution in [0.3, 0.4) is 0 Å². The monoisotopic (exact) mass is 267 g/mol. The fraction of sp³-hybridized carbons (Fsp3) is 0.250. The minimum atomic E-state index is 0.160. The average molecular weight is 267 g/mol. The molecule has 0 saturated carbocycles. The van der Waals surface area contributed by atoms with Gasteiger partial charge in [0, 0.05) is 0 Å². The van der Waals surface area contributed by atoms with Gasteiger partial charge in [-0.3, -0.25) is 0 Å². The third-order valence-corrected chi connectivity index (χ3v) is 3.38. The van der Waals surface area contributed by atoms with Crippen molar-refractivity contribution in [3.63, 3.8) is 0 Å². The summed E-state index contributed by atoms with van der Waals surface area (Å²) in [6.45, 7) is 2.19. The highest BCUT2D eigenvalue weighted by atomic mass is 16.3. The molecule has 0 aliphatic carbocycles. The van der Waals surface area contributed by atoms with Gasteiger partial charge in [-0.2, -0.15) is 4.80 Å². The lowest BCUT2D eigenvalue weighted by Crippen LogP contribution is -1.98. The summed E-state index contributed by atoms with van der Waals surface area (Å²) in [5.74, 6) is 0.160. The van der Waals surface area contributed by atoms with Crippen molar-refractivity contribution < 1.29 is 5.11 Å². The fourth-order valence-corrected chi connectivity index (χ4v) is 2.21. The van der Waals surface area contributed by atoms with Crippen LogP contribution in [0, 0.1) is 0 Å². The zero-order chi connectivity index (χ0) is 13.9. The van der Waals surface area contributed by atoms with Crippen molar-refractivity contribution in [1.82, 2.24) is 15.0 Å². The van der Waals surface area contributed by atoms with Crippen LogP contribution in [-0.2, 0) is 6.42 Å². The highest BCUT2D eigenvalue weighted by molar-refractivity contribution is 5.80. The number of hydrogen-bond donors (Lipinski definition) is 1. The number of benzene rings is 2. The van der Waals surface area contributed by atoms with E-state index in [0.717, 1.165) is 12.1 Å². The third-order valence-electron chi connectivity index (χ3n) is 3.38. The maximum atomic E-state index is 9.76. The zero-order valence-electron chi connectivity index (χ0n) is 11.5. The van der Waals surface area contributed by atoms with Gasteiger partial charge in [0.15, 0.2) is 5.52 Å². The van der Waals surface area contributed by atoms with E-state index in [4.69, 9.17) is 0 Å². The summed E-state index contributed by atoms with van der Waals surface area (Å²) in [5, 5.41) is 18.5. The number of nitrogens with zero attached hydrogens (tertiary/aromatic N) is 3. The number of unbranched alkanes of at least 4 members (excludes halogenated alkanes) is 1. The maximum Gasteiger partial charge on any atom is 0.155 e. The Labute approximate surface area is 117 Å². The second-order valence-electron chi connectivity index (χ2n) is 4.90. The molecule has 0 atom stereocenters. The molecule has 3 aromatic rings. The number of phenolic OH excluding ortho intramolecular Hbond substituents is 1. The quantitative estimate of drug-likeness (QED) is 0.787. The van der Waals surface area contributed by atoms with Crippen LogP contribution in [0.15, 0.2) is 42.5 Å². The summed E-state index contributed by atoms with van der Waals surface area (Å²) in [5.41, 5.74) is 3.46. The number of rotatable bonds is 4. The van der Waals surface area contributed by atoms with E-state index in [9.17, 15) is 5.11 Å². The van der Waals surface area contributed by atoms with Gasteiger partial charge >= 0.3 is 0 Å². The van der Waals surface area contributed by atoms with Gasteiger partial charge in [-0.15, -0.1) is 10.2 Å². The van der Waals surface area contributed by atoms with Crippen LogP contribution in [0.4, 0.5) is 0 Å². The molecule has 1 N–H and O–H groups in total. The average Bonchev–Trinajstić information content (AvgIpc) is 2.91. The van der Waals surface area contributed by atoms with Gasteiger partial charge in [-0.1, -0.05) is 31.5 Å². The summed E-state index contributed by atoms with van der Waals surface area (Å²) >= 11 is 0. The van der Waals surface area contributed by atoms with Crippen molar-refractivity contribution in [3.05, 3.63) is 48.0 Å². The molecule has 0 saturated heterocycles. The predicted octanol–water partition coefficient (Wildman–Crippen LogP) is 3.47. The molecule has 4 nitrogen and oxygen atoms in total. The van der Waals surface area contributed by atoms with Crippen molar-refractivity contribution in [2.75, 3.05) is 0 Å². The van der Waals surface area contributed by atoms with Crippen LogP contribution in [0.25, 0.3) is 16.7 Å². The largest absolute Gasteiger partial charge is 0.506 e. The molecule has 0 bridgehead atoms. The Morgan fingerprint density at radius 2 is 1.85 bits per heavy atom. The van der Waals surface area contributed by atoms with Crippen molar-refractivity contribution in [1.29, 1.82) is 0 Å². The van der Waals surface area contributed by atoms with Crippen molar-refractivity contribution in [3.8, 4) is 11.4 Å². The van der Waals surface area contributed by atoms with E-state index in [-0.39, 0.29) is 5.75 Å². The first-order valence-electron chi connectivity index (χ1n) is 6.92. The van der Waals surface area contributed by atoms with E-state index in [2.05, 4.69) is 29.3 Å². The van der Waals surface area contributed by atoms with Gasteiger partial charge in [0.25, 0.3) is 0 Å². The Morgan fingerprint density at radius 1 is 1.05 bits per heavy atom. The van der Waals surface area contributed by atoms with Gasteiger partial charge in [0.1, 0.15) is 11.3 Å². The molecule has 0 aliphatic heterocycles. The second-order valence-corrected chi connectivity index (χ2v) is 4.90. The molecule has 4 heteroatoms. The van der Waals surface area contributed by atoms with Gasteiger partial charge in [-0.25, -0.2) is 0 Å². The molecule has 20 heavy (non-hydrogen) atoms. The molecule has 0 unspecified atom stereocenters. The third kappa shape index (κ3) is 2.37. The number of hydrogen-bond acceptors (Lipinski definition) is 3. The minimum Gasteiger partial charge on any atom is -0.506 e. The van der Waals surface area contributed by atoms with Gasteiger partial charge < -0.3 is 5.11 Å². The number of aromatic hydroxyl groups is 1. The molecule has 1 heterocycles. The number of fused-ring (bicyclic) bond motifs is 1. The second kappa shape index (κ2) is 5.33. The van der Waals surface area contributed by atoms with Crippen LogP contribution in [0.5, 0.6) is 5.75 Å². The van der Waals surface area contributed by atoms with E-state index in [1.54, 1.807) is 16.9 Å². The SMILES string of the molecule is CCCCc1ccc(-n2nc3cccc(O)c3n2)cc1. The molecular weight excluding hydrogens is 250 g/mol. The first-order chi connectivity index (χ1) is 9.78. The van der Waals surface area contributed by atoms with Crippen molar-refractivity contribution in [2.24, 2.45) is 0 Å². The standard InChI is InChI=1S/C16H17N3O/c1-2-3-5-12-8-10-13(11-9-12)19-17-14-6-4-7-15(20)16(14)18-19/h4,6-11,20H,2-3,5H2,1H3. The lowest BCUT2D eigenvalue weighted by atomic mass is 10.1. The van der Waals surface area contributed by atoms with E-state index in [1.165, 1.54) is 18.4 Å². The van der Waals surface area contributed by atoms with E-state index >= 15 is 0 Å². The summed E-state index contributed by atoms with van der Waals surface area (Å²) in [6.07, 6.45) is 3.51. The van der Waals surface area contributed by atoms with Crippen LogP contribution in [0.2, 0.25) is 0 Å². The van der Waals surface area contributed by atoms with E-state index in [0.29, 0.717) is 11.0 Å². The fourth-order valence-electron chi connectivity index (χ4n) is 2.21. The topological polar surface area (TPSA) is 50.9 Å². The Morgan fingerprint density at radius 3 is 2.55 bits per heavy atom. The summed E-state index contributed by atoms with van der Waals surface area (Å²) in [7, 11) is 0. The van der Waals surface area contributed by atoms with Crippen LogP contribution < -0.4 is 0 Å². The van der Waals surface area contributed by atoms with Gasteiger partial charge in [0.05, 0.1) is 5.69 Å². The zero-order valence-corrected chi connectivity index (χ0v) is 11.5. The Bertz CT molecular complexity index is 716. The number of aromatic nitrogens is 3. The first-order valence-corrected chi connectivity index (χ1v) is 6.92. The summed E-state index contributed by atoms with van der Waals surface area (Å²) in [4.78, 5) is 1.56. The normalized spacial score (nSPS) is 11.1. The first kappa shape index (κ1) is 12.7. The molecular formula is C16H17N3O. The summed E-state index contributed by atoms with van der Waals surface area (Å²) < 4.78 is 0. The van der Waals surface area contributed by atoms with Crippen LogP contribution in [0.1, 0.15) is 25.3 Å². The highest BCUT2D eigenvalue weighted by Crippen LogP contribution is 2.21. The van der Waals surface area contributed by atoms with Gasteiger partial charge in [-0.05, 0) is 42.7 Å². The molecule has 1 aromatic heterocycles. The molecule has 0 radical (unpaired) electrons. The molecule has 2 aromatic carbocycles. The lowest BCUT2D eigenvalue weighted by Gasteiger charge is -2.02. The summed E-state index contributed by atoms with van der Waals surface area (Å²) in [6, 6.07) is 13.5. The van der Waals surface area contributed by atoms with Gasteiger partial charge in [0.2, 0.25) is 0 Å². The molecule has 3 rings (SSSR count). The maximum absolute atomic E-state index is 9.76. The van der Waals surface area contributed by atoms with E-state index < -0.39 is 0 Å². The molecule has 0 spiro atoms. The van der Waals surface area contributed by atoms with Crippen LogP contribution in [-0.4, -0.2) is 20.1 Å². The Hall–Kier alpha value is -2.36. The molecule has 0 amide bonds. The highest BCUT2D eigenvalue weighted by Gasteiger charge is 2.07. The smallest absolute Gasteiger partial charge is 0.155 e. The van der Waals surface area contributed by atoms with E-state index in [1.807, 2.05) is 18.2 Å². The van der Waals surface area contributed by atoms with Crippen molar-refractivity contribution >= 4 is 11.0 Å². The van der Waals surface area contributed by atoms with Crippen LogP contribution >= 0.6 is 0 Å². The predicted molar refractivity (Wildman–Crippen MR) is 79.1 cm³/mol.